The molecule has 0 amide bonds. The fourth-order valence-corrected chi connectivity index (χ4v) is 3.21. The largest absolute Gasteiger partial charge is 0.478 e. The number of nitrogens with zero attached hydrogens (tertiary/aromatic N) is 2. The van der Waals surface area contributed by atoms with Crippen LogP contribution in [0.2, 0.25) is 0 Å². The van der Waals surface area contributed by atoms with Crippen molar-refractivity contribution in [2.75, 3.05) is 11.4 Å². The number of pyridine rings is 1. The summed E-state index contributed by atoms with van der Waals surface area (Å²) in [6.45, 7) is 2.55. The molecule has 1 N–H and O–H groups in total. The molecule has 4 nitrogen and oxygen atoms in total. The van der Waals surface area contributed by atoms with Gasteiger partial charge in [0.15, 0.2) is 0 Å². The Morgan fingerprint density at radius 1 is 1.03 bits per heavy atom. The van der Waals surface area contributed by atoms with E-state index >= 15 is 0 Å². The minimum atomic E-state index is -4.47. The summed E-state index contributed by atoms with van der Waals surface area (Å²) in [5, 5.41) is 9.49. The van der Waals surface area contributed by atoms with Gasteiger partial charge in [0.05, 0.1) is 5.56 Å². The second-order valence-electron chi connectivity index (χ2n) is 7.00. The Hall–Kier alpha value is -2.57. The van der Waals surface area contributed by atoms with Crippen molar-refractivity contribution in [2.45, 2.75) is 58.0 Å². The normalized spacial score (nSPS) is 11.4. The molecule has 0 unspecified atom stereocenters. The number of carboxylic acid groups (broad SMARTS) is 1. The third-order valence-corrected chi connectivity index (χ3v) is 4.74. The molecule has 29 heavy (non-hydrogen) atoms. The molecule has 7 heteroatoms. The first-order valence-corrected chi connectivity index (χ1v) is 9.97. The lowest BCUT2D eigenvalue weighted by molar-refractivity contribution is -0.137. The van der Waals surface area contributed by atoms with Crippen LogP contribution in [-0.2, 0) is 6.18 Å². The molecule has 0 saturated heterocycles. The predicted molar refractivity (Wildman–Crippen MR) is 108 cm³/mol. The van der Waals surface area contributed by atoms with Gasteiger partial charge < -0.3 is 10.0 Å². The van der Waals surface area contributed by atoms with Crippen molar-refractivity contribution in [1.29, 1.82) is 0 Å². The van der Waals surface area contributed by atoms with Gasteiger partial charge in [0, 0.05) is 18.4 Å². The van der Waals surface area contributed by atoms with E-state index in [1.54, 1.807) is 11.0 Å². The van der Waals surface area contributed by atoms with Crippen molar-refractivity contribution in [3.05, 3.63) is 53.7 Å². The summed E-state index contributed by atoms with van der Waals surface area (Å²) in [5.41, 5.74) is -0.521. The minimum absolute atomic E-state index is 0.0344. The van der Waals surface area contributed by atoms with E-state index in [-0.39, 0.29) is 17.1 Å². The Labute approximate surface area is 169 Å². The average molecular weight is 408 g/mol. The number of hydrogen-bond acceptors (Lipinski definition) is 3. The quantitative estimate of drug-likeness (QED) is 0.421. The zero-order valence-electron chi connectivity index (χ0n) is 16.6. The molecule has 1 aromatic carbocycles. The van der Waals surface area contributed by atoms with Crippen molar-refractivity contribution < 1.29 is 23.1 Å². The van der Waals surface area contributed by atoms with E-state index in [4.69, 9.17) is 0 Å². The summed E-state index contributed by atoms with van der Waals surface area (Å²) in [5.74, 6) is -1.00. The molecule has 1 aromatic heterocycles. The number of rotatable bonds is 11. The van der Waals surface area contributed by atoms with Crippen LogP contribution in [0.25, 0.3) is 0 Å². The van der Waals surface area contributed by atoms with Gasteiger partial charge >= 0.3 is 12.1 Å². The number of hydrogen-bond donors (Lipinski definition) is 1. The van der Waals surface area contributed by atoms with Crippen LogP contribution in [0.1, 0.15) is 67.8 Å². The Morgan fingerprint density at radius 2 is 1.72 bits per heavy atom. The maximum Gasteiger partial charge on any atom is 0.416 e. The molecule has 0 aliphatic carbocycles. The standard InChI is InChI=1S/C22H27F3N2O2/c1-2-3-4-5-6-7-8-15-27(20-19(21(28)29)13-10-14-26-20)18-12-9-11-17(16-18)22(23,24)25/h9-14,16H,2-8,15H2,1H3,(H,28,29). The summed E-state index contributed by atoms with van der Waals surface area (Å²) >= 11 is 0. The minimum Gasteiger partial charge on any atom is -0.478 e. The van der Waals surface area contributed by atoms with Crippen LogP contribution in [-0.4, -0.2) is 22.6 Å². The highest BCUT2D eigenvalue weighted by atomic mass is 19.4. The van der Waals surface area contributed by atoms with Crippen LogP contribution < -0.4 is 4.90 Å². The van der Waals surface area contributed by atoms with E-state index in [1.165, 1.54) is 43.7 Å². The summed E-state index contributed by atoms with van der Waals surface area (Å²) in [6.07, 6.45) is 4.36. The molecule has 0 aliphatic heterocycles. The number of aromatic nitrogens is 1. The second kappa shape index (κ2) is 10.8. The molecule has 158 valence electrons. The molecule has 0 atom stereocenters. The SMILES string of the molecule is CCCCCCCCCN(c1cccc(C(F)(F)F)c1)c1ncccc1C(=O)O. The van der Waals surface area contributed by atoms with Crippen molar-refractivity contribution in [3.8, 4) is 0 Å². The molecule has 0 aliphatic rings. The summed E-state index contributed by atoms with van der Waals surface area (Å²) in [4.78, 5) is 17.4. The summed E-state index contributed by atoms with van der Waals surface area (Å²) < 4.78 is 39.5. The lowest BCUT2D eigenvalue weighted by Gasteiger charge is -2.26. The first-order chi connectivity index (χ1) is 13.8. The van der Waals surface area contributed by atoms with E-state index in [1.807, 2.05) is 0 Å². The molecule has 2 rings (SSSR count). The van der Waals surface area contributed by atoms with Crippen molar-refractivity contribution in [3.63, 3.8) is 0 Å². The zero-order valence-corrected chi connectivity index (χ0v) is 16.6. The molecule has 1 heterocycles. The summed E-state index contributed by atoms with van der Waals surface area (Å²) in [6, 6.07) is 7.85. The Morgan fingerprint density at radius 3 is 2.38 bits per heavy atom. The van der Waals surface area contributed by atoms with Crippen molar-refractivity contribution in [1.82, 2.24) is 4.98 Å². The Bertz CT molecular complexity index is 794. The lowest BCUT2D eigenvalue weighted by atomic mass is 10.1. The molecule has 0 bridgehead atoms. The van der Waals surface area contributed by atoms with Gasteiger partial charge in [0.1, 0.15) is 11.4 Å². The van der Waals surface area contributed by atoms with E-state index in [2.05, 4.69) is 11.9 Å². The van der Waals surface area contributed by atoms with Gasteiger partial charge in [-0.15, -0.1) is 0 Å². The first kappa shape index (κ1) is 22.7. The third kappa shape index (κ3) is 6.76. The monoisotopic (exact) mass is 408 g/mol. The average Bonchev–Trinajstić information content (AvgIpc) is 2.69. The van der Waals surface area contributed by atoms with Crippen LogP contribution in [0.5, 0.6) is 0 Å². The van der Waals surface area contributed by atoms with Gasteiger partial charge in [-0.2, -0.15) is 13.2 Å². The maximum absolute atomic E-state index is 13.2. The summed E-state index contributed by atoms with van der Waals surface area (Å²) in [7, 11) is 0. The first-order valence-electron chi connectivity index (χ1n) is 9.97. The topological polar surface area (TPSA) is 53.4 Å². The van der Waals surface area contributed by atoms with Crippen LogP contribution >= 0.6 is 0 Å². The van der Waals surface area contributed by atoms with Crippen LogP contribution in [0.4, 0.5) is 24.7 Å². The number of halogens is 3. The van der Waals surface area contributed by atoms with E-state index in [9.17, 15) is 23.1 Å². The number of benzene rings is 1. The third-order valence-electron chi connectivity index (χ3n) is 4.74. The van der Waals surface area contributed by atoms with E-state index in [0.29, 0.717) is 6.54 Å². The van der Waals surface area contributed by atoms with Gasteiger partial charge in [0.2, 0.25) is 0 Å². The Balaban J connectivity index is 2.24. The highest BCUT2D eigenvalue weighted by molar-refractivity contribution is 5.94. The number of unbranched alkanes of at least 4 members (excludes halogenated alkanes) is 6. The fourth-order valence-electron chi connectivity index (χ4n) is 3.21. The molecule has 0 saturated carbocycles. The smallest absolute Gasteiger partial charge is 0.416 e. The molecular weight excluding hydrogens is 381 g/mol. The van der Waals surface area contributed by atoms with Gasteiger partial charge in [-0.3, -0.25) is 0 Å². The van der Waals surface area contributed by atoms with Crippen LogP contribution in [0.3, 0.4) is 0 Å². The highest BCUT2D eigenvalue weighted by Crippen LogP contribution is 2.34. The number of carboxylic acids is 1. The zero-order chi connectivity index (χ0) is 21.3. The highest BCUT2D eigenvalue weighted by Gasteiger charge is 2.31. The number of alkyl halides is 3. The molecule has 2 aromatic rings. The van der Waals surface area contributed by atoms with Crippen molar-refractivity contribution in [2.24, 2.45) is 0 Å². The van der Waals surface area contributed by atoms with Gasteiger partial charge in [0.25, 0.3) is 0 Å². The number of aromatic carboxylic acids is 1. The van der Waals surface area contributed by atoms with Crippen LogP contribution in [0, 0.1) is 0 Å². The molecule has 0 fully saturated rings. The maximum atomic E-state index is 13.2. The van der Waals surface area contributed by atoms with Gasteiger partial charge in [-0.25, -0.2) is 9.78 Å². The number of anilines is 2. The van der Waals surface area contributed by atoms with Crippen molar-refractivity contribution >= 4 is 17.5 Å². The van der Waals surface area contributed by atoms with Gasteiger partial charge in [-0.1, -0.05) is 51.5 Å². The van der Waals surface area contributed by atoms with E-state index in [0.717, 1.165) is 37.8 Å². The number of carbonyl (C=O) groups is 1. The molecule has 0 radical (unpaired) electrons. The Kier molecular flexibility index (Phi) is 8.49. The van der Waals surface area contributed by atoms with E-state index < -0.39 is 17.7 Å². The predicted octanol–water partition coefficient (Wildman–Crippen LogP) is 6.69. The van der Waals surface area contributed by atoms with Crippen LogP contribution in [0.15, 0.2) is 42.6 Å². The molecule has 0 spiro atoms. The molecular formula is C22H27F3N2O2. The second-order valence-corrected chi connectivity index (χ2v) is 7.00. The fraction of sp³-hybridized carbons (Fsp3) is 0.455. The lowest BCUT2D eigenvalue weighted by Crippen LogP contribution is -2.23. The van der Waals surface area contributed by atoms with Gasteiger partial charge in [-0.05, 0) is 36.8 Å².